The Labute approximate surface area is 104 Å². The van der Waals surface area contributed by atoms with Gasteiger partial charge in [-0.25, -0.2) is 9.78 Å². The molecule has 98 valence electrons. The van der Waals surface area contributed by atoms with Crippen molar-refractivity contribution in [2.24, 2.45) is 0 Å². The fourth-order valence-corrected chi connectivity index (χ4v) is 1.35. The van der Waals surface area contributed by atoms with Crippen LogP contribution in [0.25, 0.3) is 0 Å². The van der Waals surface area contributed by atoms with Crippen LogP contribution >= 0.6 is 0 Å². The van der Waals surface area contributed by atoms with Crippen molar-refractivity contribution in [3.05, 3.63) is 27.9 Å². The van der Waals surface area contributed by atoms with Gasteiger partial charge < -0.3 is 10.0 Å². The lowest BCUT2D eigenvalue weighted by atomic mass is 10.0. The molecule has 0 unspecified atom stereocenters. The second-order valence-electron chi connectivity index (χ2n) is 4.54. The van der Waals surface area contributed by atoms with E-state index in [0.717, 1.165) is 0 Å². The lowest BCUT2D eigenvalue weighted by molar-refractivity contribution is -0.384. The van der Waals surface area contributed by atoms with Crippen molar-refractivity contribution in [1.29, 1.82) is 0 Å². The Hall–Kier alpha value is -2.18. The zero-order valence-electron chi connectivity index (χ0n) is 10.7. The van der Waals surface area contributed by atoms with E-state index >= 15 is 0 Å². The minimum atomic E-state index is -1.28. The number of anilines is 1. The summed E-state index contributed by atoms with van der Waals surface area (Å²) in [6.07, 6.45) is 1.47. The number of hydrogen-bond donors (Lipinski definition) is 1. The molecular weight excluding hydrogens is 238 g/mol. The maximum absolute atomic E-state index is 11.1. The number of carboxylic acids is 1. The number of carbonyl (C=O) groups is 1. The Balaban J connectivity index is 3.33. The van der Waals surface area contributed by atoms with Gasteiger partial charge in [0, 0.05) is 19.3 Å². The van der Waals surface area contributed by atoms with Gasteiger partial charge in [0.15, 0.2) is 0 Å². The lowest BCUT2D eigenvalue weighted by Gasteiger charge is -2.32. The highest BCUT2D eigenvalue weighted by molar-refractivity contribution is 5.83. The molecule has 7 nitrogen and oxygen atoms in total. The van der Waals surface area contributed by atoms with Gasteiger partial charge in [0.05, 0.1) is 4.92 Å². The summed E-state index contributed by atoms with van der Waals surface area (Å²) in [5.74, 6) is -1.04. The first-order valence-electron chi connectivity index (χ1n) is 5.26. The molecule has 0 bridgehead atoms. The zero-order valence-corrected chi connectivity index (χ0v) is 10.7. The average molecular weight is 253 g/mol. The molecule has 1 rings (SSSR count). The summed E-state index contributed by atoms with van der Waals surface area (Å²) in [7, 11) is 1.47. The van der Waals surface area contributed by atoms with Crippen molar-refractivity contribution in [1.82, 2.24) is 4.98 Å². The van der Waals surface area contributed by atoms with Crippen molar-refractivity contribution >= 4 is 17.5 Å². The predicted octanol–water partition coefficient (Wildman–Crippen LogP) is 1.60. The van der Waals surface area contributed by atoms with E-state index in [-0.39, 0.29) is 11.5 Å². The largest absolute Gasteiger partial charge is 0.480 e. The second-order valence-corrected chi connectivity index (χ2v) is 4.54. The third-order valence-electron chi connectivity index (χ3n) is 2.86. The molecule has 1 N–H and O–H groups in total. The van der Waals surface area contributed by atoms with Crippen molar-refractivity contribution in [2.45, 2.75) is 26.3 Å². The number of nitrogens with zero attached hydrogens (tertiary/aromatic N) is 3. The number of rotatable bonds is 4. The second kappa shape index (κ2) is 4.59. The number of likely N-dealkylation sites (N-methyl/N-ethyl adjacent to an activating group) is 1. The maximum atomic E-state index is 11.1. The molecule has 0 atom stereocenters. The van der Waals surface area contributed by atoms with Gasteiger partial charge in [-0.3, -0.25) is 10.1 Å². The summed E-state index contributed by atoms with van der Waals surface area (Å²) in [4.78, 5) is 26.8. The van der Waals surface area contributed by atoms with E-state index in [1.807, 2.05) is 0 Å². The van der Waals surface area contributed by atoms with Crippen LogP contribution < -0.4 is 4.90 Å². The number of pyridine rings is 1. The van der Waals surface area contributed by atoms with Gasteiger partial charge in [0.1, 0.15) is 5.54 Å². The SMILES string of the molecule is Cc1cnc(N(C)C(C)(C)C(=O)O)c([N+](=O)[O-])c1. The summed E-state index contributed by atoms with van der Waals surface area (Å²) in [6, 6.07) is 1.37. The van der Waals surface area contributed by atoms with Gasteiger partial charge in [-0.1, -0.05) is 0 Å². The number of carboxylic acid groups (broad SMARTS) is 1. The Morgan fingerprint density at radius 3 is 2.56 bits per heavy atom. The van der Waals surface area contributed by atoms with Gasteiger partial charge in [0.2, 0.25) is 5.82 Å². The van der Waals surface area contributed by atoms with E-state index < -0.39 is 16.4 Å². The number of aromatic nitrogens is 1. The van der Waals surface area contributed by atoms with E-state index in [1.165, 1.54) is 38.1 Å². The number of aryl methyl sites for hydroxylation is 1. The van der Waals surface area contributed by atoms with Gasteiger partial charge in [-0.2, -0.15) is 0 Å². The molecule has 0 aromatic carbocycles. The van der Waals surface area contributed by atoms with Crippen LogP contribution in [0.1, 0.15) is 19.4 Å². The van der Waals surface area contributed by atoms with Crippen molar-refractivity contribution < 1.29 is 14.8 Å². The van der Waals surface area contributed by atoms with E-state index in [0.29, 0.717) is 5.56 Å². The molecule has 0 amide bonds. The van der Waals surface area contributed by atoms with Gasteiger partial charge in [-0.15, -0.1) is 0 Å². The molecule has 0 aliphatic heterocycles. The van der Waals surface area contributed by atoms with E-state index in [1.54, 1.807) is 6.92 Å². The molecular formula is C11H15N3O4. The Kier molecular flexibility index (Phi) is 3.54. The van der Waals surface area contributed by atoms with E-state index in [2.05, 4.69) is 4.98 Å². The summed E-state index contributed by atoms with van der Waals surface area (Å²) in [5.41, 5.74) is -0.841. The zero-order chi connectivity index (χ0) is 14.1. The lowest BCUT2D eigenvalue weighted by Crippen LogP contribution is -2.48. The fraction of sp³-hybridized carbons (Fsp3) is 0.455. The summed E-state index contributed by atoms with van der Waals surface area (Å²) in [6.45, 7) is 4.60. The molecule has 0 saturated heterocycles. The summed E-state index contributed by atoms with van der Waals surface area (Å²) >= 11 is 0. The van der Waals surface area contributed by atoms with Gasteiger partial charge in [-0.05, 0) is 26.3 Å². The minimum absolute atomic E-state index is 0.0398. The third kappa shape index (κ3) is 2.39. The Morgan fingerprint density at radius 1 is 1.56 bits per heavy atom. The summed E-state index contributed by atoms with van der Waals surface area (Å²) < 4.78 is 0. The number of aliphatic carboxylic acids is 1. The molecule has 1 heterocycles. The van der Waals surface area contributed by atoms with Crippen LogP contribution in [0.15, 0.2) is 12.3 Å². The Bertz CT molecular complexity index is 499. The fourth-order valence-electron chi connectivity index (χ4n) is 1.35. The standard InChI is InChI=1S/C11H15N3O4/c1-7-5-8(14(17)18)9(12-6-7)13(4)11(2,3)10(15)16/h5-6H,1-4H3,(H,15,16). The van der Waals surface area contributed by atoms with E-state index in [4.69, 9.17) is 5.11 Å². The van der Waals surface area contributed by atoms with Crippen LogP contribution in [0.5, 0.6) is 0 Å². The smallest absolute Gasteiger partial charge is 0.328 e. The van der Waals surface area contributed by atoms with Crippen molar-refractivity contribution in [3.8, 4) is 0 Å². The highest BCUT2D eigenvalue weighted by Crippen LogP contribution is 2.30. The number of nitro groups is 1. The normalized spacial score (nSPS) is 11.1. The van der Waals surface area contributed by atoms with Crippen LogP contribution in [0.2, 0.25) is 0 Å². The highest BCUT2D eigenvalue weighted by Gasteiger charge is 2.36. The first kappa shape index (κ1) is 13.9. The predicted molar refractivity (Wildman–Crippen MR) is 65.7 cm³/mol. The molecule has 7 heteroatoms. The molecule has 0 radical (unpaired) electrons. The summed E-state index contributed by atoms with van der Waals surface area (Å²) in [5, 5.41) is 20.1. The molecule has 0 fully saturated rings. The topological polar surface area (TPSA) is 96.6 Å². The molecule has 1 aromatic heterocycles. The monoisotopic (exact) mass is 253 g/mol. The third-order valence-corrected chi connectivity index (χ3v) is 2.86. The van der Waals surface area contributed by atoms with Crippen LogP contribution in [0, 0.1) is 17.0 Å². The quantitative estimate of drug-likeness (QED) is 0.646. The number of hydrogen-bond acceptors (Lipinski definition) is 5. The molecule has 0 aliphatic rings. The van der Waals surface area contributed by atoms with Crippen LogP contribution in [0.4, 0.5) is 11.5 Å². The first-order chi connectivity index (χ1) is 8.17. The minimum Gasteiger partial charge on any atom is -0.480 e. The molecule has 0 saturated carbocycles. The van der Waals surface area contributed by atoms with Crippen LogP contribution in [0.3, 0.4) is 0 Å². The Morgan fingerprint density at radius 2 is 2.11 bits per heavy atom. The van der Waals surface area contributed by atoms with Crippen LogP contribution in [-0.2, 0) is 4.79 Å². The van der Waals surface area contributed by atoms with Crippen LogP contribution in [-0.4, -0.2) is 33.6 Å². The highest BCUT2D eigenvalue weighted by atomic mass is 16.6. The van der Waals surface area contributed by atoms with E-state index in [9.17, 15) is 14.9 Å². The molecule has 0 spiro atoms. The first-order valence-corrected chi connectivity index (χ1v) is 5.26. The van der Waals surface area contributed by atoms with Gasteiger partial charge in [0.25, 0.3) is 0 Å². The van der Waals surface area contributed by atoms with Crippen molar-refractivity contribution in [2.75, 3.05) is 11.9 Å². The average Bonchev–Trinajstić information content (AvgIpc) is 2.27. The molecule has 0 aliphatic carbocycles. The maximum Gasteiger partial charge on any atom is 0.328 e. The molecule has 1 aromatic rings. The molecule has 18 heavy (non-hydrogen) atoms. The van der Waals surface area contributed by atoms with Gasteiger partial charge >= 0.3 is 11.7 Å². The van der Waals surface area contributed by atoms with Crippen molar-refractivity contribution in [3.63, 3.8) is 0 Å².